The van der Waals surface area contributed by atoms with Crippen LogP contribution in [0, 0.1) is 11.8 Å². The second-order valence-corrected chi connectivity index (χ2v) is 1.77. The van der Waals surface area contributed by atoms with Gasteiger partial charge in [-0.15, -0.1) is 11.8 Å². The number of carbonyl (C=O) groups is 1. The van der Waals surface area contributed by atoms with Crippen molar-refractivity contribution in [2.75, 3.05) is 6.54 Å². The van der Waals surface area contributed by atoms with E-state index in [1.54, 1.807) is 0 Å². The van der Waals surface area contributed by atoms with E-state index in [2.05, 4.69) is 11.8 Å². The minimum absolute atomic E-state index is 0.681. The monoisotopic (exact) mass is 197 g/mol. The van der Waals surface area contributed by atoms with Crippen molar-refractivity contribution in [1.29, 1.82) is 0 Å². The van der Waals surface area contributed by atoms with Gasteiger partial charge in [0, 0.05) is 13.0 Å². The number of carboxylic acids is 1. The zero-order valence-electron chi connectivity index (χ0n) is 6.98. The molecule has 3 N–H and O–H groups in total. The van der Waals surface area contributed by atoms with Gasteiger partial charge in [-0.1, -0.05) is 0 Å². The summed E-state index contributed by atoms with van der Waals surface area (Å²) in [6.45, 7) is 2.50. The van der Waals surface area contributed by atoms with Crippen molar-refractivity contribution in [3.63, 3.8) is 0 Å². The summed E-state index contributed by atoms with van der Waals surface area (Å²) < 4.78 is 31.7. The Kier molecular flexibility index (Phi) is 8.18. The molecule has 6 heteroatoms. The molecule has 76 valence electrons. The normalized spacial score (nSPS) is 9.00. The van der Waals surface area contributed by atoms with Gasteiger partial charge < -0.3 is 10.8 Å². The van der Waals surface area contributed by atoms with Gasteiger partial charge in [0.2, 0.25) is 0 Å². The smallest absolute Gasteiger partial charge is 0.475 e. The van der Waals surface area contributed by atoms with Crippen LogP contribution in [-0.2, 0) is 4.79 Å². The van der Waals surface area contributed by atoms with E-state index in [0.29, 0.717) is 6.54 Å². The Morgan fingerprint density at radius 2 is 1.92 bits per heavy atom. The minimum atomic E-state index is -5.08. The molecule has 0 heterocycles. The molecule has 0 unspecified atom stereocenters. The summed E-state index contributed by atoms with van der Waals surface area (Å²) in [6.07, 6.45) is -4.25. The molecule has 0 fully saturated rings. The molecule has 0 atom stereocenters. The van der Waals surface area contributed by atoms with Crippen LogP contribution in [0.1, 0.15) is 13.3 Å². The Hall–Kier alpha value is -1.22. The van der Waals surface area contributed by atoms with E-state index in [1.807, 2.05) is 6.92 Å². The number of alkyl halides is 3. The van der Waals surface area contributed by atoms with Crippen LogP contribution < -0.4 is 5.73 Å². The summed E-state index contributed by atoms with van der Waals surface area (Å²) in [5.41, 5.74) is 5.11. The molecular weight excluding hydrogens is 187 g/mol. The first-order chi connectivity index (χ1) is 5.86. The molecule has 0 aliphatic carbocycles. The van der Waals surface area contributed by atoms with Crippen molar-refractivity contribution in [2.24, 2.45) is 5.73 Å². The van der Waals surface area contributed by atoms with Crippen molar-refractivity contribution in [2.45, 2.75) is 19.5 Å². The van der Waals surface area contributed by atoms with E-state index >= 15 is 0 Å². The maximum Gasteiger partial charge on any atom is 0.490 e. The second kappa shape index (κ2) is 7.43. The summed E-state index contributed by atoms with van der Waals surface area (Å²) in [5, 5.41) is 7.12. The standard InChI is InChI=1S/C5H9N.C2HF3O2/c1-2-3-4-5-6;3-2(4,5)1(6)7/h4-6H2,1H3;(H,6,7). The van der Waals surface area contributed by atoms with Gasteiger partial charge in [0.25, 0.3) is 0 Å². The highest BCUT2D eigenvalue weighted by Gasteiger charge is 2.38. The summed E-state index contributed by atoms with van der Waals surface area (Å²) in [4.78, 5) is 8.90. The van der Waals surface area contributed by atoms with Crippen LogP contribution >= 0.6 is 0 Å². The first kappa shape index (κ1) is 14.3. The molecule has 0 aromatic rings. The zero-order chi connectivity index (χ0) is 10.9. The van der Waals surface area contributed by atoms with Crippen molar-refractivity contribution in [1.82, 2.24) is 0 Å². The van der Waals surface area contributed by atoms with E-state index in [9.17, 15) is 13.2 Å². The van der Waals surface area contributed by atoms with E-state index in [1.165, 1.54) is 0 Å². The van der Waals surface area contributed by atoms with E-state index in [4.69, 9.17) is 15.6 Å². The van der Waals surface area contributed by atoms with Crippen LogP contribution in [0.4, 0.5) is 13.2 Å². The first-order valence-corrected chi connectivity index (χ1v) is 3.26. The fraction of sp³-hybridized carbons (Fsp3) is 0.571. The molecule has 0 spiro atoms. The van der Waals surface area contributed by atoms with Crippen molar-refractivity contribution >= 4 is 5.97 Å². The highest BCUT2D eigenvalue weighted by molar-refractivity contribution is 5.73. The predicted molar refractivity (Wildman–Crippen MR) is 40.8 cm³/mol. The van der Waals surface area contributed by atoms with Crippen LogP contribution in [0.5, 0.6) is 0 Å². The lowest BCUT2D eigenvalue weighted by molar-refractivity contribution is -0.192. The molecule has 0 radical (unpaired) electrons. The summed E-state index contributed by atoms with van der Waals surface area (Å²) in [6, 6.07) is 0. The average molecular weight is 197 g/mol. The number of aliphatic carboxylic acids is 1. The van der Waals surface area contributed by atoms with Crippen LogP contribution in [0.25, 0.3) is 0 Å². The second-order valence-electron chi connectivity index (χ2n) is 1.77. The molecule has 0 aromatic heterocycles. The molecular formula is C7H10F3NO2. The topological polar surface area (TPSA) is 63.3 Å². The van der Waals surface area contributed by atoms with Crippen LogP contribution in [0.2, 0.25) is 0 Å². The highest BCUT2D eigenvalue weighted by atomic mass is 19.4. The number of rotatable bonds is 1. The van der Waals surface area contributed by atoms with Crippen molar-refractivity contribution in [3.05, 3.63) is 0 Å². The highest BCUT2D eigenvalue weighted by Crippen LogP contribution is 2.13. The van der Waals surface area contributed by atoms with Gasteiger partial charge in [-0.05, 0) is 6.92 Å². The average Bonchev–Trinajstić information content (AvgIpc) is 2.00. The third kappa shape index (κ3) is 13.7. The fourth-order valence-electron chi connectivity index (χ4n) is 0.197. The Morgan fingerprint density at radius 3 is 2.00 bits per heavy atom. The van der Waals surface area contributed by atoms with E-state index < -0.39 is 12.1 Å². The molecule has 0 aliphatic rings. The number of hydrogen-bond acceptors (Lipinski definition) is 2. The van der Waals surface area contributed by atoms with E-state index in [0.717, 1.165) is 6.42 Å². The summed E-state index contributed by atoms with van der Waals surface area (Å²) >= 11 is 0. The number of nitrogens with two attached hydrogens (primary N) is 1. The Bertz CT molecular complexity index is 202. The molecule has 0 bridgehead atoms. The molecule has 0 aliphatic heterocycles. The number of hydrogen-bond donors (Lipinski definition) is 2. The van der Waals surface area contributed by atoms with Crippen LogP contribution in [-0.4, -0.2) is 23.8 Å². The molecule has 3 nitrogen and oxygen atoms in total. The molecule has 0 aromatic carbocycles. The minimum Gasteiger partial charge on any atom is -0.475 e. The van der Waals surface area contributed by atoms with Gasteiger partial charge in [0.15, 0.2) is 0 Å². The number of carboxylic acid groups (broad SMARTS) is 1. The van der Waals surface area contributed by atoms with Crippen LogP contribution in [0.3, 0.4) is 0 Å². The molecule has 0 rings (SSSR count). The van der Waals surface area contributed by atoms with Gasteiger partial charge in [0.05, 0.1) is 0 Å². The van der Waals surface area contributed by atoms with Gasteiger partial charge in [-0.3, -0.25) is 0 Å². The lowest BCUT2D eigenvalue weighted by Gasteiger charge is -1.93. The van der Waals surface area contributed by atoms with Gasteiger partial charge in [-0.25, -0.2) is 4.79 Å². The maximum atomic E-state index is 10.6. The summed E-state index contributed by atoms with van der Waals surface area (Å²) in [5.74, 6) is 2.80. The largest absolute Gasteiger partial charge is 0.490 e. The Morgan fingerprint density at radius 1 is 1.54 bits per heavy atom. The first-order valence-electron chi connectivity index (χ1n) is 3.26. The molecule has 0 amide bonds. The summed E-state index contributed by atoms with van der Waals surface area (Å²) in [7, 11) is 0. The Labute approximate surface area is 73.7 Å². The van der Waals surface area contributed by atoms with Crippen molar-refractivity contribution in [3.8, 4) is 11.8 Å². The van der Waals surface area contributed by atoms with Crippen molar-refractivity contribution < 1.29 is 23.1 Å². The van der Waals surface area contributed by atoms with Gasteiger partial charge in [0.1, 0.15) is 0 Å². The quantitative estimate of drug-likeness (QED) is 0.616. The number of halogens is 3. The van der Waals surface area contributed by atoms with E-state index in [-0.39, 0.29) is 0 Å². The Balaban J connectivity index is 0. The fourth-order valence-corrected chi connectivity index (χ4v) is 0.197. The lowest BCUT2D eigenvalue weighted by Crippen LogP contribution is -2.21. The van der Waals surface area contributed by atoms with Gasteiger partial charge >= 0.3 is 12.1 Å². The molecule has 0 saturated carbocycles. The van der Waals surface area contributed by atoms with Crippen LogP contribution in [0.15, 0.2) is 0 Å². The molecule has 0 saturated heterocycles. The third-order valence-corrected chi connectivity index (χ3v) is 0.689. The maximum absolute atomic E-state index is 10.6. The lowest BCUT2D eigenvalue weighted by atomic mass is 10.4. The SMILES string of the molecule is CC#CCCN.O=C(O)C(F)(F)F. The third-order valence-electron chi connectivity index (χ3n) is 0.689. The zero-order valence-corrected chi connectivity index (χ0v) is 6.98. The predicted octanol–water partition coefficient (Wildman–Crippen LogP) is 0.992. The van der Waals surface area contributed by atoms with Gasteiger partial charge in [-0.2, -0.15) is 13.2 Å². The molecule has 13 heavy (non-hydrogen) atoms.